The lowest BCUT2D eigenvalue weighted by atomic mass is 9.99. The smallest absolute Gasteiger partial charge is 0.164 e. The molecule has 0 bridgehead atoms. The van der Waals surface area contributed by atoms with Crippen LogP contribution in [0, 0.1) is 0 Å². The van der Waals surface area contributed by atoms with Gasteiger partial charge in [-0.15, -0.1) is 11.3 Å². The first-order valence-corrected chi connectivity index (χ1v) is 18.1. The van der Waals surface area contributed by atoms with Gasteiger partial charge in [0.2, 0.25) is 0 Å². The number of nitrogens with zero attached hydrogens (tertiary/aromatic N) is 3. The topological polar surface area (TPSA) is 51.8 Å². The van der Waals surface area contributed by atoms with Crippen LogP contribution in [0.25, 0.3) is 109 Å². The molecule has 8 aromatic carbocycles. The number of fused-ring (bicyclic) bond motifs is 8. The van der Waals surface area contributed by atoms with Gasteiger partial charge < -0.3 is 4.42 Å². The average molecular weight is 717 g/mol. The average Bonchev–Trinajstić information content (AvgIpc) is 3.91. The van der Waals surface area contributed by atoms with Crippen molar-refractivity contribution in [2.45, 2.75) is 0 Å². The molecular weight excluding hydrogens is 679 g/mol. The van der Waals surface area contributed by atoms with Gasteiger partial charge in [-0.3, -0.25) is 0 Å². The van der Waals surface area contributed by atoms with E-state index in [-0.39, 0.29) is 78.2 Å². The van der Waals surface area contributed by atoms with Gasteiger partial charge in [-0.2, -0.15) is 0 Å². The molecule has 5 heteroatoms. The van der Waals surface area contributed by atoms with Gasteiger partial charge in [0.05, 0.1) is 12.3 Å². The van der Waals surface area contributed by atoms with Crippen LogP contribution in [0.3, 0.4) is 0 Å². The summed E-state index contributed by atoms with van der Waals surface area (Å²) in [6.07, 6.45) is 0. The van der Waals surface area contributed by atoms with Crippen LogP contribution in [0.15, 0.2) is 180 Å². The first-order valence-electron chi connectivity index (χ1n) is 21.8. The van der Waals surface area contributed by atoms with Crippen LogP contribution in [0.1, 0.15) is 12.3 Å². The molecule has 0 fully saturated rings. The lowest BCUT2D eigenvalue weighted by molar-refractivity contribution is 0.669. The van der Waals surface area contributed by atoms with Crippen molar-refractivity contribution in [3.05, 3.63) is 176 Å². The van der Waals surface area contributed by atoms with Crippen LogP contribution in [0.2, 0.25) is 0 Å². The minimum absolute atomic E-state index is 0.0102. The van der Waals surface area contributed by atoms with Crippen LogP contribution in [0.4, 0.5) is 0 Å². The Kier molecular flexibility index (Phi) is 5.22. The van der Waals surface area contributed by atoms with Gasteiger partial charge in [0.15, 0.2) is 17.5 Å². The van der Waals surface area contributed by atoms with E-state index < -0.39 is 30.2 Å². The fourth-order valence-electron chi connectivity index (χ4n) is 7.15. The molecule has 0 aliphatic rings. The monoisotopic (exact) mass is 716 g/mol. The van der Waals surface area contributed by atoms with Crippen LogP contribution >= 0.6 is 11.3 Å². The van der Waals surface area contributed by atoms with E-state index in [0.717, 1.165) is 44.4 Å². The van der Waals surface area contributed by atoms with E-state index in [9.17, 15) is 2.74 Å². The van der Waals surface area contributed by atoms with Crippen molar-refractivity contribution in [1.82, 2.24) is 15.0 Å². The zero-order chi connectivity index (χ0) is 43.4. The van der Waals surface area contributed by atoms with Crippen LogP contribution in [0.5, 0.6) is 0 Å². The highest BCUT2D eigenvalue weighted by Gasteiger charge is 2.19. The summed E-state index contributed by atoms with van der Waals surface area (Å²) in [6.45, 7) is 0. The van der Waals surface area contributed by atoms with Crippen molar-refractivity contribution < 1.29 is 16.8 Å². The molecule has 0 saturated carbocycles. The Hall–Kier alpha value is -6.95. The van der Waals surface area contributed by atoms with Crippen LogP contribution in [-0.2, 0) is 0 Å². The predicted molar refractivity (Wildman–Crippen MR) is 225 cm³/mol. The van der Waals surface area contributed by atoms with Crippen LogP contribution < -0.4 is 0 Å². The summed E-state index contributed by atoms with van der Waals surface area (Å²) in [7, 11) is 0. The molecule has 0 amide bonds. The molecule has 3 aromatic heterocycles. The summed E-state index contributed by atoms with van der Waals surface area (Å²) >= 11 is 0.970. The number of furan rings is 1. The van der Waals surface area contributed by atoms with Crippen LogP contribution in [-0.4, -0.2) is 15.0 Å². The second-order valence-corrected chi connectivity index (χ2v) is 13.9. The van der Waals surface area contributed by atoms with Gasteiger partial charge in [0.25, 0.3) is 0 Å². The van der Waals surface area contributed by atoms with Gasteiger partial charge in [-0.05, 0) is 57.9 Å². The van der Waals surface area contributed by atoms with Crippen molar-refractivity contribution in [2.24, 2.45) is 0 Å². The van der Waals surface area contributed by atoms with E-state index in [1.165, 1.54) is 0 Å². The first-order chi connectivity index (χ1) is 30.5. The maximum atomic E-state index is 9.86. The Labute approximate surface area is 327 Å². The van der Waals surface area contributed by atoms with E-state index in [1.807, 2.05) is 103 Å². The molecule has 0 N–H and O–H groups in total. The Balaban J connectivity index is 1.21. The molecule has 0 aliphatic carbocycles. The standard InChI is InChI=1S/C49H29N3OS/c1-3-12-30(13-4-1)31-22-24-33(25-23-31)47-50-48(34-26-27-39-43(28-34)53-42-20-11-19-35(45(39)42)32-14-5-2-6-15-32)52-49(51-47)41-29-40-37-17-9-10-21-44(37)54-46(40)38-18-8-7-16-36(38)41/h1-29H/i7D,8D,9D,10D,16D,17D,18D,21D,29D. The van der Waals surface area contributed by atoms with Crippen molar-refractivity contribution in [2.75, 3.05) is 0 Å². The Morgan fingerprint density at radius 3 is 1.87 bits per heavy atom. The Morgan fingerprint density at radius 2 is 1.07 bits per heavy atom. The lowest BCUT2D eigenvalue weighted by Crippen LogP contribution is -2.00. The molecule has 0 aliphatic heterocycles. The normalized spacial score (nSPS) is 14.0. The maximum Gasteiger partial charge on any atom is 0.164 e. The number of thiophene rings is 1. The van der Waals surface area contributed by atoms with Crippen molar-refractivity contribution in [3.63, 3.8) is 0 Å². The SMILES string of the molecule is [2H]c1c([2H])c([2H])c2c(sc3c4c([2H])c([2H])c([2H])c([2H])c4c(-c4nc(-c5ccc(-c6ccccc6)cc5)nc(-c5ccc6c(c5)oc5cccc(-c7ccccc7)c56)n4)c([2H])c32)c1[2H]. The zero-order valence-corrected chi connectivity index (χ0v) is 29.0. The molecule has 3 heterocycles. The number of aromatic nitrogens is 3. The quantitative estimate of drug-likeness (QED) is 0.178. The highest BCUT2D eigenvalue weighted by molar-refractivity contribution is 7.26. The van der Waals surface area contributed by atoms with Gasteiger partial charge in [-0.1, -0.05) is 145 Å². The van der Waals surface area contributed by atoms with Crippen molar-refractivity contribution in [1.29, 1.82) is 0 Å². The summed E-state index contributed by atoms with van der Waals surface area (Å²) < 4.78 is 87.2. The zero-order valence-electron chi connectivity index (χ0n) is 37.2. The summed E-state index contributed by atoms with van der Waals surface area (Å²) in [5, 5.41) is 2.09. The second kappa shape index (κ2) is 12.3. The van der Waals surface area contributed by atoms with Crippen molar-refractivity contribution in [3.8, 4) is 56.4 Å². The van der Waals surface area contributed by atoms with E-state index in [4.69, 9.17) is 29.0 Å². The fraction of sp³-hybridized carbons (Fsp3) is 0. The highest BCUT2D eigenvalue weighted by Crippen LogP contribution is 2.43. The molecule has 0 saturated heterocycles. The summed E-state index contributed by atoms with van der Waals surface area (Å²) in [4.78, 5) is 14.9. The first kappa shape index (κ1) is 22.9. The Morgan fingerprint density at radius 1 is 0.444 bits per heavy atom. The minimum atomic E-state index is -0.519. The molecule has 54 heavy (non-hydrogen) atoms. The predicted octanol–water partition coefficient (Wildman–Crippen LogP) is 13.6. The van der Waals surface area contributed by atoms with Gasteiger partial charge in [0.1, 0.15) is 11.2 Å². The van der Waals surface area contributed by atoms with Crippen molar-refractivity contribution >= 4 is 64.2 Å². The lowest BCUT2D eigenvalue weighted by Gasteiger charge is -2.12. The van der Waals surface area contributed by atoms with E-state index >= 15 is 0 Å². The minimum Gasteiger partial charge on any atom is -0.456 e. The number of hydrogen-bond acceptors (Lipinski definition) is 5. The molecule has 11 aromatic rings. The van der Waals surface area contributed by atoms with E-state index in [1.54, 1.807) is 0 Å². The molecule has 0 radical (unpaired) electrons. The molecule has 252 valence electrons. The summed E-state index contributed by atoms with van der Waals surface area (Å²) in [5.41, 5.74) is 6.48. The highest BCUT2D eigenvalue weighted by atomic mass is 32.1. The number of rotatable bonds is 5. The maximum absolute atomic E-state index is 9.86. The van der Waals surface area contributed by atoms with Gasteiger partial charge >= 0.3 is 0 Å². The second-order valence-electron chi connectivity index (χ2n) is 12.9. The third-order valence-electron chi connectivity index (χ3n) is 9.70. The third-order valence-corrected chi connectivity index (χ3v) is 10.8. The summed E-state index contributed by atoms with van der Waals surface area (Å²) in [5.74, 6) is 0.384. The molecule has 0 atom stereocenters. The fourth-order valence-corrected chi connectivity index (χ4v) is 8.22. The third kappa shape index (κ3) is 5.01. The Bertz CT molecular complexity index is 3730. The molecule has 0 unspecified atom stereocenters. The largest absolute Gasteiger partial charge is 0.456 e. The van der Waals surface area contributed by atoms with E-state index in [2.05, 4.69) is 18.2 Å². The number of hydrogen-bond donors (Lipinski definition) is 0. The molecular formula is C49H29N3OS. The van der Waals surface area contributed by atoms with E-state index in [0.29, 0.717) is 22.3 Å². The number of benzene rings is 8. The molecule has 0 spiro atoms. The molecule has 4 nitrogen and oxygen atoms in total. The molecule has 11 rings (SSSR count). The van der Waals surface area contributed by atoms with Gasteiger partial charge in [-0.25, -0.2) is 15.0 Å². The summed E-state index contributed by atoms with van der Waals surface area (Å²) in [6, 6.07) is 35.6. The van der Waals surface area contributed by atoms with Gasteiger partial charge in [0, 0.05) is 53.0 Å².